The highest BCUT2D eigenvalue weighted by Gasteiger charge is 2.61. The number of carbonyl (C=O) groups excluding carboxylic acids is 2. The molecule has 0 bridgehead atoms. The van der Waals surface area contributed by atoms with Crippen molar-refractivity contribution in [1.82, 2.24) is 15.2 Å². The standard InChI is InChI=1S/C23H32N4O2/c24-20-17(21(28)25-16-4-1-2-5-16)6-7-19(26-20)15-8-12-27(13-9-15)22(29)18-14-23(18)10-3-11-23/h6-7,15-16,18H,1-5,8-14H2,(H2,24,26)(H,25,28)/t18-/m1/s1. The minimum Gasteiger partial charge on any atom is -0.383 e. The number of nitrogens with zero attached hydrogens (tertiary/aromatic N) is 2. The average molecular weight is 397 g/mol. The first-order valence-corrected chi connectivity index (χ1v) is 11.4. The number of hydrogen-bond donors (Lipinski definition) is 2. The Bertz CT molecular complexity index is 805. The molecule has 0 unspecified atom stereocenters. The molecule has 1 saturated heterocycles. The molecule has 3 N–H and O–H groups in total. The molecule has 3 aliphatic carbocycles. The van der Waals surface area contributed by atoms with Crippen molar-refractivity contribution in [1.29, 1.82) is 0 Å². The number of nitrogen functional groups attached to an aromatic ring is 1. The third kappa shape index (κ3) is 3.51. The summed E-state index contributed by atoms with van der Waals surface area (Å²) in [6.07, 6.45) is 11.2. The number of likely N-dealkylation sites (tertiary alicyclic amines) is 1. The average Bonchev–Trinajstić information content (AvgIpc) is 3.29. The lowest BCUT2D eigenvalue weighted by Crippen LogP contribution is -2.40. The number of hydrogen-bond acceptors (Lipinski definition) is 4. The van der Waals surface area contributed by atoms with Crippen molar-refractivity contribution in [3.8, 4) is 0 Å². The van der Waals surface area contributed by atoms with Gasteiger partial charge in [0, 0.05) is 36.7 Å². The van der Waals surface area contributed by atoms with Crippen LogP contribution in [0.2, 0.25) is 0 Å². The highest BCUT2D eigenvalue weighted by atomic mass is 16.2. The number of carbonyl (C=O) groups is 2. The first kappa shape index (κ1) is 18.9. The van der Waals surface area contributed by atoms with E-state index in [0.717, 1.165) is 50.9 Å². The van der Waals surface area contributed by atoms with Gasteiger partial charge in [0.2, 0.25) is 5.91 Å². The topological polar surface area (TPSA) is 88.3 Å². The van der Waals surface area contributed by atoms with Crippen molar-refractivity contribution < 1.29 is 9.59 Å². The highest BCUT2D eigenvalue weighted by molar-refractivity contribution is 5.98. The summed E-state index contributed by atoms with van der Waals surface area (Å²) < 4.78 is 0. The molecule has 156 valence electrons. The van der Waals surface area contributed by atoms with Crippen molar-refractivity contribution in [3.05, 3.63) is 23.4 Å². The number of nitrogens with two attached hydrogens (primary N) is 1. The molecule has 1 aromatic rings. The largest absolute Gasteiger partial charge is 0.383 e. The fourth-order valence-electron chi connectivity index (χ4n) is 5.74. The second-order valence-electron chi connectivity index (χ2n) is 9.70. The summed E-state index contributed by atoms with van der Waals surface area (Å²) in [5, 5.41) is 3.08. The minimum atomic E-state index is -0.108. The van der Waals surface area contributed by atoms with E-state index in [9.17, 15) is 9.59 Å². The molecule has 6 nitrogen and oxygen atoms in total. The molecular weight excluding hydrogens is 364 g/mol. The Morgan fingerprint density at radius 3 is 2.38 bits per heavy atom. The molecule has 2 heterocycles. The zero-order valence-corrected chi connectivity index (χ0v) is 17.2. The molecule has 0 aromatic carbocycles. The summed E-state index contributed by atoms with van der Waals surface area (Å²) in [5.41, 5.74) is 7.98. The molecule has 1 aliphatic heterocycles. The predicted molar refractivity (Wildman–Crippen MR) is 111 cm³/mol. The van der Waals surface area contributed by atoms with Crippen molar-refractivity contribution in [2.75, 3.05) is 18.8 Å². The Kier molecular flexibility index (Phi) is 4.75. The summed E-state index contributed by atoms with van der Waals surface area (Å²) in [6.45, 7) is 1.61. The molecule has 5 rings (SSSR count). The Morgan fingerprint density at radius 1 is 1.07 bits per heavy atom. The zero-order chi connectivity index (χ0) is 20.0. The van der Waals surface area contributed by atoms with Gasteiger partial charge in [-0.15, -0.1) is 0 Å². The number of piperidine rings is 1. The van der Waals surface area contributed by atoms with Gasteiger partial charge < -0.3 is 16.0 Å². The van der Waals surface area contributed by atoms with Gasteiger partial charge in [0.15, 0.2) is 0 Å². The van der Waals surface area contributed by atoms with Gasteiger partial charge in [-0.2, -0.15) is 0 Å². The van der Waals surface area contributed by atoms with E-state index in [1.165, 1.54) is 32.1 Å². The Morgan fingerprint density at radius 2 is 1.79 bits per heavy atom. The van der Waals surface area contributed by atoms with Crippen LogP contribution in [0.15, 0.2) is 12.1 Å². The molecule has 1 spiro atoms. The van der Waals surface area contributed by atoms with Gasteiger partial charge >= 0.3 is 0 Å². The summed E-state index contributed by atoms with van der Waals surface area (Å²) in [4.78, 5) is 31.9. The van der Waals surface area contributed by atoms with Crippen LogP contribution in [0.25, 0.3) is 0 Å². The molecule has 4 fully saturated rings. The third-order valence-electron chi connectivity index (χ3n) is 7.94. The number of rotatable bonds is 4. The quantitative estimate of drug-likeness (QED) is 0.818. The highest BCUT2D eigenvalue weighted by Crippen LogP contribution is 2.66. The van der Waals surface area contributed by atoms with Crippen LogP contribution in [0.4, 0.5) is 5.82 Å². The molecule has 29 heavy (non-hydrogen) atoms. The van der Waals surface area contributed by atoms with Crippen LogP contribution < -0.4 is 11.1 Å². The lowest BCUT2D eigenvalue weighted by molar-refractivity contribution is -0.135. The molecule has 6 heteroatoms. The van der Waals surface area contributed by atoms with Crippen LogP contribution >= 0.6 is 0 Å². The first-order chi connectivity index (χ1) is 14.1. The minimum absolute atomic E-state index is 0.108. The van der Waals surface area contributed by atoms with E-state index < -0.39 is 0 Å². The second kappa shape index (κ2) is 7.29. The predicted octanol–water partition coefficient (Wildman–Crippen LogP) is 3.23. The summed E-state index contributed by atoms with van der Waals surface area (Å²) in [5.74, 6) is 1.21. The van der Waals surface area contributed by atoms with Gasteiger partial charge in [0.05, 0.1) is 5.56 Å². The van der Waals surface area contributed by atoms with Crippen molar-refractivity contribution in [3.63, 3.8) is 0 Å². The number of aromatic nitrogens is 1. The van der Waals surface area contributed by atoms with Crippen molar-refractivity contribution >= 4 is 17.6 Å². The van der Waals surface area contributed by atoms with E-state index in [-0.39, 0.29) is 11.9 Å². The Balaban J connectivity index is 1.17. The molecule has 4 aliphatic rings. The van der Waals surface area contributed by atoms with Crippen molar-refractivity contribution in [2.45, 2.75) is 76.2 Å². The normalized spacial score (nSPS) is 26.3. The number of nitrogens with one attached hydrogen (secondary N) is 1. The van der Waals surface area contributed by atoms with Crippen molar-refractivity contribution in [2.24, 2.45) is 11.3 Å². The van der Waals surface area contributed by atoms with Crippen LogP contribution in [-0.2, 0) is 4.79 Å². The third-order valence-corrected chi connectivity index (χ3v) is 7.94. The molecule has 2 amide bonds. The van der Waals surface area contributed by atoms with E-state index in [2.05, 4.69) is 15.2 Å². The lowest BCUT2D eigenvalue weighted by atomic mass is 9.79. The van der Waals surface area contributed by atoms with E-state index in [1.54, 1.807) is 0 Å². The van der Waals surface area contributed by atoms with Crippen LogP contribution in [0.5, 0.6) is 0 Å². The molecule has 0 radical (unpaired) electrons. The van der Waals surface area contributed by atoms with Gasteiger partial charge in [-0.05, 0) is 62.5 Å². The van der Waals surface area contributed by atoms with Gasteiger partial charge in [0.1, 0.15) is 5.82 Å². The summed E-state index contributed by atoms with van der Waals surface area (Å²) >= 11 is 0. The van der Waals surface area contributed by atoms with Crippen LogP contribution in [-0.4, -0.2) is 40.8 Å². The fraction of sp³-hybridized carbons (Fsp3) is 0.696. The van der Waals surface area contributed by atoms with E-state index in [0.29, 0.717) is 34.5 Å². The zero-order valence-electron chi connectivity index (χ0n) is 17.2. The maximum atomic E-state index is 12.8. The fourth-order valence-corrected chi connectivity index (χ4v) is 5.74. The summed E-state index contributed by atoms with van der Waals surface area (Å²) in [6, 6.07) is 4.05. The van der Waals surface area contributed by atoms with E-state index in [4.69, 9.17) is 5.73 Å². The van der Waals surface area contributed by atoms with Gasteiger partial charge in [0.25, 0.3) is 5.91 Å². The summed E-state index contributed by atoms with van der Waals surface area (Å²) in [7, 11) is 0. The number of anilines is 1. The second-order valence-corrected chi connectivity index (χ2v) is 9.70. The molecule has 1 aromatic heterocycles. The van der Waals surface area contributed by atoms with Gasteiger partial charge in [-0.25, -0.2) is 4.98 Å². The SMILES string of the molecule is Nc1nc(C2CCN(C(=O)[C@H]3CC34CCC4)CC2)ccc1C(=O)NC1CCCC1. The van der Waals surface area contributed by atoms with E-state index in [1.807, 2.05) is 12.1 Å². The lowest BCUT2D eigenvalue weighted by Gasteiger charge is -2.34. The molecular formula is C23H32N4O2. The Labute approximate surface area is 172 Å². The number of pyridine rings is 1. The van der Waals surface area contributed by atoms with E-state index >= 15 is 0 Å². The maximum Gasteiger partial charge on any atom is 0.255 e. The maximum absolute atomic E-state index is 12.8. The van der Waals surface area contributed by atoms with Crippen LogP contribution in [0.3, 0.4) is 0 Å². The Hall–Kier alpha value is -2.11. The molecule has 3 saturated carbocycles. The first-order valence-electron chi connectivity index (χ1n) is 11.4. The number of amides is 2. The molecule has 1 atom stereocenters. The van der Waals surface area contributed by atoms with Gasteiger partial charge in [-0.1, -0.05) is 19.3 Å². The van der Waals surface area contributed by atoms with Gasteiger partial charge in [-0.3, -0.25) is 9.59 Å². The van der Waals surface area contributed by atoms with Crippen LogP contribution in [0, 0.1) is 11.3 Å². The smallest absolute Gasteiger partial charge is 0.255 e. The van der Waals surface area contributed by atoms with Crippen LogP contribution in [0.1, 0.15) is 86.2 Å². The monoisotopic (exact) mass is 396 g/mol.